The van der Waals surface area contributed by atoms with Gasteiger partial charge in [0.05, 0.1) is 20.6 Å². The number of allylic oxidation sites excluding steroid dienone is 4. The zero-order valence-electron chi connectivity index (χ0n) is 15.4. The van der Waals surface area contributed by atoms with Crippen molar-refractivity contribution >= 4 is 0 Å². The molecule has 0 rings (SSSR count). The number of rotatable bonds is 15. The molecule has 132 valence electrons. The fourth-order valence-electron chi connectivity index (χ4n) is 2.47. The van der Waals surface area contributed by atoms with Crippen LogP contribution in [0.5, 0.6) is 0 Å². The second-order valence-electron chi connectivity index (χ2n) is 6.54. The summed E-state index contributed by atoms with van der Waals surface area (Å²) in [5.41, 5.74) is 0. The third-order valence-electron chi connectivity index (χ3n) is 3.88. The Morgan fingerprint density at radius 3 is 1.68 bits per heavy atom. The highest BCUT2D eigenvalue weighted by molar-refractivity contribution is 4.92. The van der Waals surface area contributed by atoms with E-state index in [2.05, 4.69) is 45.3 Å². The minimum Gasteiger partial charge on any atom is -0.870 e. The van der Waals surface area contributed by atoms with Crippen molar-refractivity contribution in [2.24, 2.45) is 0 Å². The Morgan fingerprint density at radius 2 is 1.14 bits per heavy atom. The zero-order chi connectivity index (χ0) is 15.6. The first-order valence-electron chi connectivity index (χ1n) is 9.36. The quantitative estimate of drug-likeness (QED) is 0.343. The molecule has 2 heteroatoms. The Morgan fingerprint density at radius 1 is 0.636 bits per heavy atom. The van der Waals surface area contributed by atoms with Crippen LogP contribution in [0.4, 0.5) is 0 Å². The van der Waals surface area contributed by atoms with Gasteiger partial charge < -0.3 is 10.4 Å². The third-order valence-corrected chi connectivity index (χ3v) is 3.88. The van der Waals surface area contributed by atoms with Gasteiger partial charge >= 0.3 is 0 Å². The smallest absolute Gasteiger partial charge is 0.0766 e. The van der Waals surface area contributed by atoms with Gasteiger partial charge in [-0.15, -0.1) is 0 Å². The van der Waals surface area contributed by atoms with E-state index in [4.69, 9.17) is 0 Å². The van der Waals surface area contributed by atoms with Gasteiger partial charge in [-0.25, -0.2) is 0 Å². The SMILES string of the molecule is CCCCC/C=C\C/C=C\CCCCCCCC[NH+](C)C.[OH-]. The molecular weight excluding hydrogens is 270 g/mol. The Kier molecular flexibility index (Phi) is 21.9. The van der Waals surface area contributed by atoms with E-state index in [9.17, 15) is 0 Å². The molecule has 0 saturated heterocycles. The molecular formula is C20H41NO. The highest BCUT2D eigenvalue weighted by Crippen LogP contribution is 2.07. The molecule has 0 atom stereocenters. The highest BCUT2D eigenvalue weighted by atomic mass is 16.0. The molecule has 0 aromatic carbocycles. The standard InChI is InChI=1S/C20H39N.H2O/c1-4-5-6-7-8-9-10-11-12-13-14-15-16-17-18-19-20-21(2)3;/h8-9,11-12H,4-7,10,13-20H2,1-3H3;1H2/b9-8-,12-11-;. The molecule has 0 aliphatic carbocycles. The van der Waals surface area contributed by atoms with Gasteiger partial charge in [0.2, 0.25) is 0 Å². The van der Waals surface area contributed by atoms with E-state index in [1.54, 1.807) is 4.90 Å². The van der Waals surface area contributed by atoms with Crippen molar-refractivity contribution in [3.63, 3.8) is 0 Å². The van der Waals surface area contributed by atoms with E-state index in [-0.39, 0.29) is 5.48 Å². The first kappa shape index (κ1) is 23.7. The maximum atomic E-state index is 2.37. The van der Waals surface area contributed by atoms with E-state index in [1.807, 2.05) is 0 Å². The molecule has 0 aromatic rings. The van der Waals surface area contributed by atoms with Gasteiger partial charge in [-0.05, 0) is 44.9 Å². The topological polar surface area (TPSA) is 34.4 Å². The lowest BCUT2D eigenvalue weighted by molar-refractivity contribution is -0.858. The van der Waals surface area contributed by atoms with Crippen LogP contribution in [-0.2, 0) is 0 Å². The number of quaternary nitrogens is 1. The molecule has 0 spiro atoms. The van der Waals surface area contributed by atoms with Crippen LogP contribution in [0.3, 0.4) is 0 Å². The molecule has 0 aliphatic heterocycles. The number of unbranched alkanes of at least 4 members (excludes halogenated alkanes) is 9. The molecule has 0 aliphatic rings. The van der Waals surface area contributed by atoms with Crippen molar-refractivity contribution in [1.29, 1.82) is 0 Å². The van der Waals surface area contributed by atoms with Gasteiger partial charge in [0.1, 0.15) is 0 Å². The normalized spacial score (nSPS) is 11.6. The van der Waals surface area contributed by atoms with E-state index in [0.29, 0.717) is 0 Å². The molecule has 0 saturated carbocycles. The average Bonchev–Trinajstić information content (AvgIpc) is 2.46. The number of hydrogen-bond acceptors (Lipinski definition) is 1. The summed E-state index contributed by atoms with van der Waals surface area (Å²) in [4.78, 5) is 1.58. The molecule has 2 nitrogen and oxygen atoms in total. The van der Waals surface area contributed by atoms with Crippen molar-refractivity contribution in [1.82, 2.24) is 0 Å². The second kappa shape index (κ2) is 20.4. The van der Waals surface area contributed by atoms with Crippen LogP contribution in [-0.4, -0.2) is 26.1 Å². The minimum absolute atomic E-state index is 0. The Balaban J connectivity index is 0. The second-order valence-corrected chi connectivity index (χ2v) is 6.54. The molecule has 0 radical (unpaired) electrons. The van der Waals surface area contributed by atoms with Crippen molar-refractivity contribution in [3.8, 4) is 0 Å². The van der Waals surface area contributed by atoms with Gasteiger partial charge in [0.15, 0.2) is 0 Å². The monoisotopic (exact) mass is 311 g/mol. The van der Waals surface area contributed by atoms with Gasteiger partial charge in [-0.3, -0.25) is 0 Å². The Bertz CT molecular complexity index is 246. The number of nitrogens with one attached hydrogen (secondary N) is 1. The van der Waals surface area contributed by atoms with E-state index in [1.165, 1.54) is 77.2 Å². The maximum absolute atomic E-state index is 2.37. The van der Waals surface area contributed by atoms with Crippen molar-refractivity contribution in [2.75, 3.05) is 20.6 Å². The predicted octanol–water partition coefficient (Wildman–Crippen LogP) is 4.77. The summed E-state index contributed by atoms with van der Waals surface area (Å²) in [6.45, 7) is 3.59. The summed E-state index contributed by atoms with van der Waals surface area (Å²) in [5, 5.41) is 0. The molecule has 0 heterocycles. The lowest BCUT2D eigenvalue weighted by Crippen LogP contribution is -3.05. The molecule has 0 fully saturated rings. The van der Waals surface area contributed by atoms with Gasteiger partial charge in [0.25, 0.3) is 0 Å². The fraction of sp³-hybridized carbons (Fsp3) is 0.800. The molecule has 0 bridgehead atoms. The zero-order valence-corrected chi connectivity index (χ0v) is 15.4. The minimum atomic E-state index is 0. The van der Waals surface area contributed by atoms with Gasteiger partial charge in [-0.2, -0.15) is 0 Å². The summed E-state index contributed by atoms with van der Waals surface area (Å²) in [5.74, 6) is 0. The third kappa shape index (κ3) is 21.7. The Hall–Kier alpha value is -0.600. The molecule has 2 N–H and O–H groups in total. The number of hydrogen-bond donors (Lipinski definition) is 1. The van der Waals surface area contributed by atoms with Gasteiger partial charge in [0, 0.05) is 0 Å². The summed E-state index contributed by atoms with van der Waals surface area (Å²) in [6.07, 6.45) is 25.5. The van der Waals surface area contributed by atoms with Crippen LogP contribution in [0.25, 0.3) is 0 Å². The summed E-state index contributed by atoms with van der Waals surface area (Å²) in [7, 11) is 4.49. The predicted molar refractivity (Wildman–Crippen MR) is 99.0 cm³/mol. The van der Waals surface area contributed by atoms with Crippen LogP contribution in [0.1, 0.15) is 84.0 Å². The first-order chi connectivity index (χ1) is 10.3. The van der Waals surface area contributed by atoms with Gasteiger partial charge in [-0.1, -0.05) is 63.3 Å². The summed E-state index contributed by atoms with van der Waals surface area (Å²) < 4.78 is 0. The van der Waals surface area contributed by atoms with Crippen molar-refractivity contribution in [3.05, 3.63) is 24.3 Å². The maximum Gasteiger partial charge on any atom is 0.0766 e. The van der Waals surface area contributed by atoms with Crippen LogP contribution in [0.2, 0.25) is 0 Å². The molecule has 22 heavy (non-hydrogen) atoms. The van der Waals surface area contributed by atoms with E-state index < -0.39 is 0 Å². The summed E-state index contributed by atoms with van der Waals surface area (Å²) in [6, 6.07) is 0. The first-order valence-corrected chi connectivity index (χ1v) is 9.36. The molecule has 0 amide bonds. The lowest BCUT2D eigenvalue weighted by Gasteiger charge is -2.06. The van der Waals surface area contributed by atoms with Crippen molar-refractivity contribution in [2.45, 2.75) is 84.0 Å². The van der Waals surface area contributed by atoms with E-state index >= 15 is 0 Å². The highest BCUT2D eigenvalue weighted by Gasteiger charge is 1.94. The summed E-state index contributed by atoms with van der Waals surface area (Å²) >= 11 is 0. The fourth-order valence-corrected chi connectivity index (χ4v) is 2.47. The van der Waals surface area contributed by atoms with Crippen LogP contribution < -0.4 is 4.90 Å². The van der Waals surface area contributed by atoms with Crippen molar-refractivity contribution < 1.29 is 10.4 Å². The van der Waals surface area contributed by atoms with Crippen LogP contribution >= 0.6 is 0 Å². The average molecular weight is 312 g/mol. The van der Waals surface area contributed by atoms with Crippen LogP contribution in [0, 0.1) is 0 Å². The van der Waals surface area contributed by atoms with Crippen LogP contribution in [0.15, 0.2) is 24.3 Å². The van der Waals surface area contributed by atoms with E-state index in [0.717, 1.165) is 6.42 Å². The Labute approximate surface area is 140 Å². The molecule has 0 aromatic heterocycles. The largest absolute Gasteiger partial charge is 0.870 e. The lowest BCUT2D eigenvalue weighted by atomic mass is 10.1. The molecule has 0 unspecified atom stereocenters.